The Morgan fingerprint density at radius 1 is 1.03 bits per heavy atom. The highest BCUT2D eigenvalue weighted by atomic mass is 16.6. The predicted molar refractivity (Wildman–Crippen MR) is 115 cm³/mol. The molecule has 0 unspecified atom stereocenters. The molecule has 10 heteroatoms. The Kier molecular flexibility index (Phi) is 9.93. The van der Waals surface area contributed by atoms with Crippen LogP contribution in [-0.4, -0.2) is 60.3 Å². The van der Waals surface area contributed by atoms with Crippen LogP contribution in [-0.2, 0) is 30.5 Å². The number of aliphatic carboxylic acids is 1. The summed E-state index contributed by atoms with van der Waals surface area (Å²) >= 11 is 0. The predicted octanol–water partition coefficient (Wildman–Crippen LogP) is 1.19. The maximum atomic E-state index is 12.5. The molecule has 2 rings (SSSR count). The van der Waals surface area contributed by atoms with Gasteiger partial charge in [0.05, 0.1) is 0 Å². The highest BCUT2D eigenvalue weighted by molar-refractivity contribution is 5.95. The average molecular weight is 450 g/mol. The van der Waals surface area contributed by atoms with Gasteiger partial charge in [0.1, 0.15) is 12.6 Å². The molecule has 0 radical (unpaired) electrons. The zero-order valence-electron chi connectivity index (χ0n) is 18.3. The van der Waals surface area contributed by atoms with Crippen LogP contribution in [0.3, 0.4) is 0 Å². The Morgan fingerprint density at radius 2 is 1.69 bits per heavy atom. The SMILES string of the molecule is CC(C)C[C@H](NC(=O)[C@H]1O[C@@H]1C(=O)O)C(=O)NCCCCNC(=O)OCc1ccccc1. The fourth-order valence-electron chi connectivity index (χ4n) is 3.01. The van der Waals surface area contributed by atoms with E-state index in [1.54, 1.807) is 0 Å². The molecule has 176 valence electrons. The number of carboxylic acid groups (broad SMARTS) is 1. The second-order valence-electron chi connectivity index (χ2n) is 7.99. The zero-order chi connectivity index (χ0) is 23.5. The zero-order valence-corrected chi connectivity index (χ0v) is 18.3. The van der Waals surface area contributed by atoms with Crippen LogP contribution < -0.4 is 16.0 Å². The van der Waals surface area contributed by atoms with Gasteiger partial charge in [-0.05, 0) is 30.7 Å². The molecule has 10 nitrogen and oxygen atoms in total. The van der Waals surface area contributed by atoms with Crippen molar-refractivity contribution < 1.29 is 33.8 Å². The van der Waals surface area contributed by atoms with Crippen molar-refractivity contribution in [1.82, 2.24) is 16.0 Å². The molecule has 1 fully saturated rings. The Morgan fingerprint density at radius 3 is 2.28 bits per heavy atom. The summed E-state index contributed by atoms with van der Waals surface area (Å²) in [6.45, 7) is 4.82. The first kappa shape index (κ1) is 25.1. The molecule has 3 amide bonds. The Labute approximate surface area is 187 Å². The van der Waals surface area contributed by atoms with Gasteiger partial charge in [0, 0.05) is 13.1 Å². The number of hydrogen-bond donors (Lipinski definition) is 4. The van der Waals surface area contributed by atoms with Crippen LogP contribution in [0.2, 0.25) is 0 Å². The molecule has 3 atom stereocenters. The van der Waals surface area contributed by atoms with Crippen molar-refractivity contribution >= 4 is 23.9 Å². The molecule has 1 heterocycles. The minimum Gasteiger partial charge on any atom is -0.479 e. The number of amides is 3. The van der Waals surface area contributed by atoms with Crippen LogP contribution in [0.4, 0.5) is 4.79 Å². The van der Waals surface area contributed by atoms with E-state index in [1.165, 1.54) is 0 Å². The van der Waals surface area contributed by atoms with Gasteiger partial charge in [-0.15, -0.1) is 0 Å². The molecule has 1 saturated heterocycles. The number of carbonyl (C=O) groups is 4. The lowest BCUT2D eigenvalue weighted by Gasteiger charge is -2.20. The number of unbranched alkanes of at least 4 members (excludes halogenated alkanes) is 1. The number of benzene rings is 1. The van der Waals surface area contributed by atoms with Gasteiger partial charge in [0.2, 0.25) is 5.91 Å². The van der Waals surface area contributed by atoms with Crippen molar-refractivity contribution in [1.29, 1.82) is 0 Å². The minimum absolute atomic E-state index is 0.146. The third kappa shape index (κ3) is 8.93. The van der Waals surface area contributed by atoms with Crippen molar-refractivity contribution in [2.24, 2.45) is 5.92 Å². The van der Waals surface area contributed by atoms with Gasteiger partial charge < -0.3 is 30.5 Å². The highest BCUT2D eigenvalue weighted by Crippen LogP contribution is 2.22. The first-order valence-corrected chi connectivity index (χ1v) is 10.7. The Hall–Kier alpha value is -3.14. The molecule has 32 heavy (non-hydrogen) atoms. The summed E-state index contributed by atoms with van der Waals surface area (Å²) in [6, 6.07) is 8.59. The molecular formula is C22H31N3O7. The van der Waals surface area contributed by atoms with E-state index in [-0.39, 0.29) is 18.4 Å². The third-order valence-corrected chi connectivity index (χ3v) is 4.72. The number of ether oxygens (including phenoxy) is 2. The molecule has 1 aliphatic rings. The minimum atomic E-state index is -1.20. The van der Waals surface area contributed by atoms with Gasteiger partial charge in [-0.25, -0.2) is 9.59 Å². The summed E-state index contributed by atoms with van der Waals surface area (Å²) in [5.41, 5.74) is 0.903. The standard InChI is InChI=1S/C22H31N3O7/c1-14(2)12-16(25-20(27)17-18(32-17)21(28)29)19(26)23-10-6-7-11-24-22(30)31-13-15-8-4-3-5-9-15/h3-5,8-9,14,16-18H,6-7,10-13H2,1-2H3,(H,23,26)(H,24,30)(H,25,27)(H,28,29)/t16-,17-,18-/m0/s1. The fourth-order valence-corrected chi connectivity index (χ4v) is 3.01. The molecule has 0 saturated carbocycles. The highest BCUT2D eigenvalue weighted by Gasteiger charge is 2.51. The van der Waals surface area contributed by atoms with E-state index in [0.717, 1.165) is 5.56 Å². The van der Waals surface area contributed by atoms with Gasteiger partial charge >= 0.3 is 12.1 Å². The van der Waals surface area contributed by atoms with Gasteiger partial charge in [-0.3, -0.25) is 9.59 Å². The van der Waals surface area contributed by atoms with E-state index in [2.05, 4.69) is 16.0 Å². The molecule has 0 spiro atoms. The quantitative estimate of drug-likeness (QED) is 0.261. The fraction of sp³-hybridized carbons (Fsp3) is 0.545. The first-order chi connectivity index (χ1) is 15.3. The maximum Gasteiger partial charge on any atom is 0.407 e. The van der Waals surface area contributed by atoms with E-state index >= 15 is 0 Å². The second kappa shape index (κ2) is 12.7. The summed E-state index contributed by atoms with van der Waals surface area (Å²) in [7, 11) is 0. The number of carbonyl (C=O) groups excluding carboxylic acids is 3. The smallest absolute Gasteiger partial charge is 0.407 e. The average Bonchev–Trinajstić information content (AvgIpc) is 3.56. The van der Waals surface area contributed by atoms with Crippen LogP contribution in [0.15, 0.2) is 30.3 Å². The van der Waals surface area contributed by atoms with Gasteiger partial charge in [0.25, 0.3) is 5.91 Å². The van der Waals surface area contributed by atoms with Crippen molar-refractivity contribution in [3.05, 3.63) is 35.9 Å². The topological polar surface area (TPSA) is 146 Å². The van der Waals surface area contributed by atoms with E-state index in [4.69, 9.17) is 14.6 Å². The number of carboxylic acids is 1. The van der Waals surface area contributed by atoms with Gasteiger partial charge in [-0.1, -0.05) is 44.2 Å². The van der Waals surface area contributed by atoms with E-state index in [1.807, 2.05) is 44.2 Å². The molecule has 4 N–H and O–H groups in total. The second-order valence-corrected chi connectivity index (χ2v) is 7.99. The van der Waals surface area contributed by atoms with Crippen molar-refractivity contribution in [3.63, 3.8) is 0 Å². The molecular weight excluding hydrogens is 418 g/mol. The van der Waals surface area contributed by atoms with E-state index in [9.17, 15) is 19.2 Å². The number of nitrogens with one attached hydrogen (secondary N) is 3. The molecule has 1 aliphatic heterocycles. The lowest BCUT2D eigenvalue weighted by atomic mass is 10.0. The summed E-state index contributed by atoms with van der Waals surface area (Å²) < 4.78 is 9.94. The Bertz CT molecular complexity index is 785. The van der Waals surface area contributed by atoms with E-state index < -0.39 is 36.2 Å². The van der Waals surface area contributed by atoms with Crippen LogP contribution in [0.25, 0.3) is 0 Å². The number of alkyl carbamates (subject to hydrolysis) is 1. The summed E-state index contributed by atoms with van der Waals surface area (Å²) in [5, 5.41) is 16.8. The normalized spacial score (nSPS) is 17.8. The molecule has 1 aromatic rings. The van der Waals surface area contributed by atoms with Crippen LogP contribution in [0.1, 0.15) is 38.7 Å². The lowest BCUT2D eigenvalue weighted by molar-refractivity contribution is -0.138. The summed E-state index contributed by atoms with van der Waals surface area (Å²) in [5.74, 6) is -1.99. The summed E-state index contributed by atoms with van der Waals surface area (Å²) in [4.78, 5) is 47.1. The van der Waals surface area contributed by atoms with Crippen LogP contribution in [0.5, 0.6) is 0 Å². The molecule has 1 aromatic carbocycles. The largest absolute Gasteiger partial charge is 0.479 e. The number of rotatable bonds is 13. The molecule has 0 bridgehead atoms. The monoisotopic (exact) mass is 449 g/mol. The number of epoxide rings is 1. The lowest BCUT2D eigenvalue weighted by Crippen LogP contribution is -2.49. The van der Waals surface area contributed by atoms with Gasteiger partial charge in [0.15, 0.2) is 12.2 Å². The van der Waals surface area contributed by atoms with Crippen LogP contribution >= 0.6 is 0 Å². The van der Waals surface area contributed by atoms with Crippen molar-refractivity contribution in [2.45, 2.75) is 58.0 Å². The first-order valence-electron chi connectivity index (χ1n) is 10.7. The van der Waals surface area contributed by atoms with Crippen molar-refractivity contribution in [3.8, 4) is 0 Å². The molecule has 0 aliphatic carbocycles. The third-order valence-electron chi connectivity index (χ3n) is 4.72. The number of hydrogen-bond acceptors (Lipinski definition) is 6. The van der Waals surface area contributed by atoms with E-state index in [0.29, 0.717) is 32.4 Å². The maximum absolute atomic E-state index is 12.5. The Balaban J connectivity index is 1.61. The van der Waals surface area contributed by atoms with Crippen molar-refractivity contribution in [2.75, 3.05) is 13.1 Å². The van der Waals surface area contributed by atoms with Crippen LogP contribution in [0, 0.1) is 5.92 Å². The summed E-state index contributed by atoms with van der Waals surface area (Å²) in [6.07, 6.45) is -1.03. The molecule has 0 aromatic heterocycles. The van der Waals surface area contributed by atoms with Gasteiger partial charge in [-0.2, -0.15) is 0 Å².